The lowest BCUT2D eigenvalue weighted by molar-refractivity contribution is 0.999. The predicted molar refractivity (Wildman–Crippen MR) is 134 cm³/mol. The van der Waals surface area contributed by atoms with Crippen molar-refractivity contribution in [3.05, 3.63) is 99.6 Å². The molecule has 0 aliphatic carbocycles. The summed E-state index contributed by atoms with van der Waals surface area (Å²) in [6.07, 6.45) is 1.73. The molecule has 3 aromatic carbocycles. The van der Waals surface area contributed by atoms with E-state index in [1.165, 1.54) is 0 Å². The van der Waals surface area contributed by atoms with E-state index in [2.05, 4.69) is 58.7 Å². The Morgan fingerprint density at radius 2 is 1.48 bits per heavy atom. The predicted octanol–water partition coefficient (Wildman–Crippen LogP) is 5.28. The Kier molecular flexibility index (Phi) is 7.01. The lowest BCUT2D eigenvalue weighted by Gasteiger charge is -2.10. The van der Waals surface area contributed by atoms with E-state index in [0.29, 0.717) is 24.4 Å². The lowest BCUT2D eigenvalue weighted by atomic mass is 10.2. The van der Waals surface area contributed by atoms with Crippen molar-refractivity contribution in [3.8, 4) is 0 Å². The van der Waals surface area contributed by atoms with E-state index in [-0.39, 0.29) is 0 Å². The van der Waals surface area contributed by atoms with E-state index < -0.39 is 0 Å². The minimum Gasteiger partial charge on any atom is -0.350 e. The third-order valence-corrected chi connectivity index (χ3v) is 4.86. The van der Waals surface area contributed by atoms with Crippen LogP contribution in [0.2, 0.25) is 0 Å². The molecule has 1 heterocycles. The number of halogens is 1. The maximum Gasteiger partial charge on any atom is 0.250 e. The second kappa shape index (κ2) is 10.5. The zero-order chi connectivity index (χ0) is 21.3. The number of rotatable bonds is 8. The fourth-order valence-corrected chi connectivity index (χ4v) is 3.31. The van der Waals surface area contributed by atoms with Crippen LogP contribution in [0.15, 0.2) is 90.0 Å². The fourth-order valence-electron chi connectivity index (χ4n) is 2.74. The maximum absolute atomic E-state index is 4.48. The molecule has 4 rings (SSSR count). The number of benzene rings is 3. The minimum absolute atomic E-state index is 0.339. The molecule has 3 N–H and O–H groups in total. The van der Waals surface area contributed by atoms with Crippen molar-refractivity contribution < 1.29 is 0 Å². The number of hydrogen-bond acceptors (Lipinski definition) is 7. The molecule has 0 aliphatic rings. The number of nitrogens with one attached hydrogen (secondary N) is 3. The molecule has 0 radical (unpaired) electrons. The molecule has 154 valence electrons. The average molecular weight is 521 g/mol. The highest BCUT2D eigenvalue weighted by Crippen LogP contribution is 2.16. The van der Waals surface area contributed by atoms with Gasteiger partial charge in [0.2, 0.25) is 17.8 Å². The third kappa shape index (κ3) is 6.48. The Labute approximate surface area is 194 Å². The van der Waals surface area contributed by atoms with Crippen molar-refractivity contribution in [1.82, 2.24) is 15.0 Å². The molecule has 31 heavy (non-hydrogen) atoms. The molecule has 1 aromatic heterocycles. The Bertz CT molecular complexity index is 1150. The van der Waals surface area contributed by atoms with Gasteiger partial charge in [-0.05, 0) is 58.0 Å². The Balaban J connectivity index is 1.52. The molecule has 0 saturated heterocycles. The van der Waals surface area contributed by atoms with Crippen LogP contribution in [0.5, 0.6) is 0 Å². The summed E-state index contributed by atoms with van der Waals surface area (Å²) in [5.41, 5.74) is 5.90. The topological polar surface area (TPSA) is 87.1 Å². The summed E-state index contributed by atoms with van der Waals surface area (Å²) in [5.74, 6) is 1.21. The number of aromatic nitrogens is 3. The average Bonchev–Trinajstić information content (AvgIpc) is 2.79. The van der Waals surface area contributed by atoms with Crippen LogP contribution >= 0.6 is 22.6 Å². The van der Waals surface area contributed by atoms with Crippen LogP contribution in [0.4, 0.5) is 23.5 Å². The Morgan fingerprint density at radius 1 is 0.774 bits per heavy atom. The molecular weight excluding hydrogens is 501 g/mol. The van der Waals surface area contributed by atoms with Crippen molar-refractivity contribution in [1.29, 1.82) is 0 Å². The normalized spacial score (nSPS) is 10.7. The number of hydrogen-bond donors (Lipinski definition) is 3. The van der Waals surface area contributed by atoms with Gasteiger partial charge in [-0.1, -0.05) is 60.7 Å². The van der Waals surface area contributed by atoms with Crippen LogP contribution in [0.3, 0.4) is 0 Å². The van der Waals surface area contributed by atoms with Gasteiger partial charge < -0.3 is 10.6 Å². The fraction of sp³-hybridized carbons (Fsp3) is 0.0435. The first kappa shape index (κ1) is 20.7. The van der Waals surface area contributed by atoms with Gasteiger partial charge in [0.15, 0.2) is 0 Å². The van der Waals surface area contributed by atoms with Crippen LogP contribution in [0.1, 0.15) is 11.1 Å². The number of para-hydroxylation sites is 1. The van der Waals surface area contributed by atoms with Gasteiger partial charge in [0.25, 0.3) is 0 Å². The second-order valence-electron chi connectivity index (χ2n) is 6.56. The van der Waals surface area contributed by atoms with E-state index in [1.54, 1.807) is 6.21 Å². The van der Waals surface area contributed by atoms with Gasteiger partial charge in [-0.15, -0.1) is 0 Å². The van der Waals surface area contributed by atoms with Crippen molar-refractivity contribution in [2.75, 3.05) is 16.1 Å². The monoisotopic (exact) mass is 521 g/mol. The van der Waals surface area contributed by atoms with E-state index in [1.807, 2.05) is 84.9 Å². The summed E-state index contributed by atoms with van der Waals surface area (Å²) in [6, 6.07) is 27.9. The molecule has 0 amide bonds. The van der Waals surface area contributed by atoms with Gasteiger partial charge in [0.1, 0.15) is 0 Å². The van der Waals surface area contributed by atoms with Crippen molar-refractivity contribution in [3.63, 3.8) is 0 Å². The van der Waals surface area contributed by atoms with E-state index in [9.17, 15) is 0 Å². The van der Waals surface area contributed by atoms with Crippen LogP contribution in [-0.2, 0) is 6.54 Å². The van der Waals surface area contributed by atoms with Gasteiger partial charge in [-0.3, -0.25) is 0 Å². The first-order chi connectivity index (χ1) is 15.2. The first-order valence-electron chi connectivity index (χ1n) is 9.65. The quantitative estimate of drug-likeness (QED) is 0.166. The minimum atomic E-state index is 0.339. The van der Waals surface area contributed by atoms with Gasteiger partial charge in [-0.2, -0.15) is 20.1 Å². The van der Waals surface area contributed by atoms with Crippen LogP contribution in [0, 0.1) is 3.57 Å². The lowest BCUT2D eigenvalue weighted by Crippen LogP contribution is -2.09. The third-order valence-electron chi connectivity index (χ3n) is 4.19. The number of anilines is 4. The highest BCUT2D eigenvalue weighted by atomic mass is 127. The molecule has 4 aromatic rings. The summed E-state index contributed by atoms with van der Waals surface area (Å²) >= 11 is 2.27. The van der Waals surface area contributed by atoms with Crippen molar-refractivity contribution in [2.24, 2.45) is 5.10 Å². The molecule has 0 unspecified atom stereocenters. The largest absolute Gasteiger partial charge is 0.350 e. The highest BCUT2D eigenvalue weighted by molar-refractivity contribution is 14.1. The Morgan fingerprint density at radius 3 is 2.26 bits per heavy atom. The standard InChI is InChI=1S/C23H20IN7/c24-19-11-7-10-18(14-19)16-26-31-23-29-21(25-15-17-8-3-1-4-9-17)28-22(30-23)27-20-12-5-2-6-13-20/h1-14,16H,15H2,(H3,25,27,28,29,30,31)/b26-16+. The maximum atomic E-state index is 4.48. The van der Waals surface area contributed by atoms with Gasteiger partial charge in [0, 0.05) is 15.8 Å². The van der Waals surface area contributed by atoms with Crippen LogP contribution < -0.4 is 16.1 Å². The molecule has 7 nitrogen and oxygen atoms in total. The van der Waals surface area contributed by atoms with E-state index in [4.69, 9.17) is 0 Å². The molecule has 0 saturated carbocycles. The van der Waals surface area contributed by atoms with Crippen molar-refractivity contribution >= 4 is 52.3 Å². The second-order valence-corrected chi connectivity index (χ2v) is 7.81. The van der Waals surface area contributed by atoms with Gasteiger partial charge in [0.05, 0.1) is 6.21 Å². The smallest absolute Gasteiger partial charge is 0.250 e. The van der Waals surface area contributed by atoms with Crippen LogP contribution in [0.25, 0.3) is 0 Å². The summed E-state index contributed by atoms with van der Waals surface area (Å²) in [7, 11) is 0. The zero-order valence-corrected chi connectivity index (χ0v) is 18.7. The molecule has 8 heteroatoms. The number of hydrazone groups is 1. The molecular formula is C23H20IN7. The molecule has 0 aliphatic heterocycles. The summed E-state index contributed by atoms with van der Waals surface area (Å²) in [6.45, 7) is 0.598. The van der Waals surface area contributed by atoms with E-state index >= 15 is 0 Å². The molecule has 0 bridgehead atoms. The number of nitrogens with zero attached hydrogens (tertiary/aromatic N) is 4. The van der Waals surface area contributed by atoms with Gasteiger partial charge >= 0.3 is 0 Å². The van der Waals surface area contributed by atoms with Crippen LogP contribution in [-0.4, -0.2) is 21.2 Å². The SMILES string of the molecule is Ic1cccc(/C=N/Nc2nc(NCc3ccccc3)nc(Nc3ccccc3)n2)c1. The summed E-state index contributed by atoms with van der Waals surface area (Å²) < 4.78 is 1.14. The highest BCUT2D eigenvalue weighted by Gasteiger charge is 2.07. The van der Waals surface area contributed by atoms with Gasteiger partial charge in [-0.25, -0.2) is 5.43 Å². The first-order valence-corrected chi connectivity index (χ1v) is 10.7. The molecule has 0 fully saturated rings. The zero-order valence-electron chi connectivity index (χ0n) is 16.5. The van der Waals surface area contributed by atoms with Crippen molar-refractivity contribution in [2.45, 2.75) is 6.54 Å². The summed E-state index contributed by atoms with van der Waals surface area (Å²) in [5, 5.41) is 10.7. The molecule has 0 atom stereocenters. The Hall–Kier alpha value is -3.53. The van der Waals surface area contributed by atoms with E-state index in [0.717, 1.165) is 20.4 Å². The molecule has 0 spiro atoms. The summed E-state index contributed by atoms with van der Waals surface area (Å²) in [4.78, 5) is 13.4.